The number of nitrogens with one attached hydrogen (secondary N) is 1. The molecule has 3 nitrogen and oxygen atoms in total. The zero-order valence-corrected chi connectivity index (χ0v) is 13.2. The zero-order valence-electron chi connectivity index (χ0n) is 12.4. The molecule has 1 aliphatic rings. The molecule has 0 radical (unpaired) electrons. The molecule has 2 heterocycles. The fourth-order valence-electron chi connectivity index (χ4n) is 2.81. The van der Waals surface area contributed by atoms with Gasteiger partial charge < -0.3 is 5.32 Å². The van der Waals surface area contributed by atoms with Crippen molar-refractivity contribution in [3.8, 4) is 0 Å². The molecule has 1 fully saturated rings. The van der Waals surface area contributed by atoms with Crippen LogP contribution < -0.4 is 5.32 Å². The smallest absolute Gasteiger partial charge is 0.0900 e. The van der Waals surface area contributed by atoms with E-state index in [4.69, 9.17) is 0 Å². The van der Waals surface area contributed by atoms with Gasteiger partial charge in [-0.25, -0.2) is 4.98 Å². The van der Waals surface area contributed by atoms with Crippen LogP contribution in [0.25, 0.3) is 0 Å². The van der Waals surface area contributed by atoms with Crippen LogP contribution in [0.15, 0.2) is 0 Å². The van der Waals surface area contributed by atoms with Crippen molar-refractivity contribution in [1.29, 1.82) is 0 Å². The van der Waals surface area contributed by atoms with Gasteiger partial charge in [0.1, 0.15) is 0 Å². The molecule has 0 spiro atoms. The second kappa shape index (κ2) is 4.91. The number of nitrogens with zero attached hydrogens (tertiary/aromatic N) is 2. The molecule has 1 aromatic heterocycles. The quantitative estimate of drug-likeness (QED) is 0.893. The molecule has 2 unspecified atom stereocenters. The summed E-state index contributed by atoms with van der Waals surface area (Å²) in [5, 5.41) is 4.79. The Morgan fingerprint density at radius 3 is 2.67 bits per heavy atom. The average Bonchev–Trinajstić information content (AvgIpc) is 2.60. The van der Waals surface area contributed by atoms with E-state index in [1.165, 1.54) is 15.6 Å². The number of hydrogen-bond donors (Lipinski definition) is 1. The molecule has 0 bridgehead atoms. The maximum Gasteiger partial charge on any atom is 0.0900 e. The van der Waals surface area contributed by atoms with E-state index in [0.717, 1.165) is 13.1 Å². The van der Waals surface area contributed by atoms with Gasteiger partial charge in [-0.1, -0.05) is 0 Å². The van der Waals surface area contributed by atoms with Gasteiger partial charge in [0.25, 0.3) is 0 Å². The maximum absolute atomic E-state index is 4.56. The maximum atomic E-state index is 4.56. The molecule has 2 rings (SSSR count). The van der Waals surface area contributed by atoms with E-state index in [2.05, 4.69) is 56.7 Å². The molecule has 1 aromatic rings. The molecular formula is C14H25N3S. The standard InChI is InChI=1S/C14H25N3S/c1-9-7-15-14(5,6)8-17(9)11(3)13-10(2)16-12(4)18-13/h9,11,15H,7-8H2,1-6H3. The van der Waals surface area contributed by atoms with Crippen molar-refractivity contribution in [2.75, 3.05) is 13.1 Å². The van der Waals surface area contributed by atoms with Gasteiger partial charge in [-0.3, -0.25) is 4.90 Å². The van der Waals surface area contributed by atoms with Crippen molar-refractivity contribution in [3.05, 3.63) is 15.6 Å². The van der Waals surface area contributed by atoms with Crippen LogP contribution in [0, 0.1) is 13.8 Å². The molecule has 0 aromatic carbocycles. The van der Waals surface area contributed by atoms with E-state index in [0.29, 0.717) is 12.1 Å². The zero-order chi connectivity index (χ0) is 13.5. The Hall–Kier alpha value is -0.450. The van der Waals surface area contributed by atoms with Crippen molar-refractivity contribution < 1.29 is 0 Å². The number of hydrogen-bond acceptors (Lipinski definition) is 4. The predicted molar refractivity (Wildman–Crippen MR) is 78.3 cm³/mol. The van der Waals surface area contributed by atoms with Gasteiger partial charge in [0, 0.05) is 35.6 Å². The van der Waals surface area contributed by atoms with E-state index in [1.807, 2.05) is 11.3 Å². The Morgan fingerprint density at radius 1 is 1.44 bits per heavy atom. The van der Waals surface area contributed by atoms with Gasteiger partial charge in [-0.05, 0) is 41.5 Å². The first-order valence-electron chi connectivity index (χ1n) is 6.75. The van der Waals surface area contributed by atoms with Crippen LogP contribution in [0.2, 0.25) is 0 Å². The van der Waals surface area contributed by atoms with Crippen molar-refractivity contribution in [1.82, 2.24) is 15.2 Å². The summed E-state index contributed by atoms with van der Waals surface area (Å²) < 4.78 is 0. The first-order chi connectivity index (χ1) is 8.30. The first-order valence-corrected chi connectivity index (χ1v) is 7.56. The SMILES string of the molecule is Cc1nc(C)c(C(C)N2CC(C)(C)NCC2C)s1. The van der Waals surface area contributed by atoms with Gasteiger partial charge in [0.15, 0.2) is 0 Å². The third-order valence-electron chi connectivity index (χ3n) is 3.84. The Bertz CT molecular complexity index is 425. The summed E-state index contributed by atoms with van der Waals surface area (Å²) in [7, 11) is 0. The summed E-state index contributed by atoms with van der Waals surface area (Å²) in [6, 6.07) is 1.04. The lowest BCUT2D eigenvalue weighted by Gasteiger charge is -2.46. The molecule has 1 N–H and O–H groups in total. The lowest BCUT2D eigenvalue weighted by molar-refractivity contribution is 0.0700. The molecule has 2 atom stereocenters. The molecule has 0 amide bonds. The van der Waals surface area contributed by atoms with Crippen LogP contribution in [-0.4, -0.2) is 34.6 Å². The van der Waals surface area contributed by atoms with Gasteiger partial charge >= 0.3 is 0 Å². The third-order valence-corrected chi connectivity index (χ3v) is 5.08. The fraction of sp³-hybridized carbons (Fsp3) is 0.786. The summed E-state index contributed by atoms with van der Waals surface area (Å²) in [6.45, 7) is 15.6. The van der Waals surface area contributed by atoms with E-state index >= 15 is 0 Å². The second-order valence-electron chi connectivity index (χ2n) is 6.14. The summed E-state index contributed by atoms with van der Waals surface area (Å²) >= 11 is 1.85. The van der Waals surface area contributed by atoms with Gasteiger partial charge in [-0.15, -0.1) is 11.3 Å². The minimum absolute atomic E-state index is 0.203. The normalized spacial score (nSPS) is 26.2. The average molecular weight is 267 g/mol. The highest BCUT2D eigenvalue weighted by atomic mass is 32.1. The highest BCUT2D eigenvalue weighted by molar-refractivity contribution is 7.11. The van der Waals surface area contributed by atoms with Gasteiger partial charge in [-0.2, -0.15) is 0 Å². The minimum Gasteiger partial charge on any atom is -0.309 e. The Kier molecular flexibility index (Phi) is 3.81. The Morgan fingerprint density at radius 2 is 2.11 bits per heavy atom. The van der Waals surface area contributed by atoms with Crippen LogP contribution >= 0.6 is 11.3 Å². The monoisotopic (exact) mass is 267 g/mol. The summed E-state index contributed by atoms with van der Waals surface area (Å²) in [5.74, 6) is 0. The molecule has 102 valence electrons. The number of aryl methyl sites for hydroxylation is 2. The van der Waals surface area contributed by atoms with E-state index in [9.17, 15) is 0 Å². The van der Waals surface area contributed by atoms with Crippen molar-refractivity contribution >= 4 is 11.3 Å². The molecule has 0 saturated carbocycles. The van der Waals surface area contributed by atoms with Crippen molar-refractivity contribution in [3.63, 3.8) is 0 Å². The van der Waals surface area contributed by atoms with Crippen LogP contribution in [0.3, 0.4) is 0 Å². The Balaban J connectivity index is 2.21. The Labute approximate surface area is 115 Å². The van der Waals surface area contributed by atoms with Crippen LogP contribution in [0.4, 0.5) is 0 Å². The van der Waals surface area contributed by atoms with Crippen LogP contribution in [0.1, 0.15) is 49.3 Å². The third kappa shape index (κ3) is 2.76. The van der Waals surface area contributed by atoms with Crippen LogP contribution in [-0.2, 0) is 0 Å². The predicted octanol–water partition coefficient (Wildman–Crippen LogP) is 2.89. The summed E-state index contributed by atoms with van der Waals surface area (Å²) in [4.78, 5) is 8.60. The largest absolute Gasteiger partial charge is 0.309 e. The van der Waals surface area contributed by atoms with E-state index in [-0.39, 0.29) is 5.54 Å². The summed E-state index contributed by atoms with van der Waals surface area (Å²) in [5.41, 5.74) is 1.41. The van der Waals surface area contributed by atoms with Gasteiger partial charge in [0.2, 0.25) is 0 Å². The topological polar surface area (TPSA) is 28.2 Å². The molecule has 18 heavy (non-hydrogen) atoms. The van der Waals surface area contributed by atoms with Crippen molar-refractivity contribution in [2.24, 2.45) is 0 Å². The number of rotatable bonds is 2. The molecule has 4 heteroatoms. The molecular weight excluding hydrogens is 242 g/mol. The highest BCUT2D eigenvalue weighted by Gasteiger charge is 2.34. The number of thiazole rings is 1. The molecule has 1 saturated heterocycles. The minimum atomic E-state index is 0.203. The van der Waals surface area contributed by atoms with E-state index in [1.54, 1.807) is 0 Å². The van der Waals surface area contributed by atoms with Crippen molar-refractivity contribution in [2.45, 2.75) is 59.2 Å². The first kappa shape index (κ1) is 14.0. The number of aromatic nitrogens is 1. The lowest BCUT2D eigenvalue weighted by Crippen LogP contribution is -2.61. The highest BCUT2D eigenvalue weighted by Crippen LogP contribution is 2.32. The molecule has 0 aliphatic carbocycles. The second-order valence-corrected chi connectivity index (χ2v) is 7.38. The lowest BCUT2D eigenvalue weighted by atomic mass is 9.97. The van der Waals surface area contributed by atoms with Gasteiger partial charge in [0.05, 0.1) is 10.7 Å². The number of piperazine rings is 1. The summed E-state index contributed by atoms with van der Waals surface area (Å²) in [6.07, 6.45) is 0. The fourth-order valence-corrected chi connectivity index (χ4v) is 3.81. The molecule has 1 aliphatic heterocycles. The van der Waals surface area contributed by atoms with E-state index < -0.39 is 0 Å². The van der Waals surface area contributed by atoms with Crippen LogP contribution in [0.5, 0.6) is 0 Å².